The third-order valence-electron chi connectivity index (χ3n) is 6.18. The fourth-order valence-electron chi connectivity index (χ4n) is 5.08. The second-order valence-electron chi connectivity index (χ2n) is 8.39. The summed E-state index contributed by atoms with van der Waals surface area (Å²) < 4.78 is 11.0. The molecule has 1 saturated heterocycles. The maximum Gasteiger partial charge on any atom is 0.122 e. The molecule has 0 spiro atoms. The lowest BCUT2D eigenvalue weighted by atomic mass is 9.59. The second-order valence-corrected chi connectivity index (χ2v) is 8.39. The van der Waals surface area contributed by atoms with Crippen LogP contribution in [0.25, 0.3) is 0 Å². The zero-order chi connectivity index (χ0) is 17.7. The van der Waals surface area contributed by atoms with E-state index in [9.17, 15) is 0 Å². The number of benzene rings is 1. The van der Waals surface area contributed by atoms with Gasteiger partial charge in [-0.3, -0.25) is 4.84 Å². The van der Waals surface area contributed by atoms with E-state index in [1.54, 1.807) is 14.2 Å². The van der Waals surface area contributed by atoms with Crippen LogP contribution < -0.4 is 9.47 Å². The Morgan fingerprint density at radius 1 is 1.04 bits per heavy atom. The number of ether oxygens (including phenoxy) is 2. The van der Waals surface area contributed by atoms with Crippen molar-refractivity contribution in [3.05, 3.63) is 23.8 Å². The summed E-state index contributed by atoms with van der Waals surface area (Å²) in [5.74, 6) is 2.80. The maximum absolute atomic E-state index is 6.17. The molecule has 1 aliphatic carbocycles. The molecule has 1 aromatic rings. The summed E-state index contributed by atoms with van der Waals surface area (Å²) in [7, 11) is 5.51. The Morgan fingerprint density at radius 2 is 1.62 bits per heavy atom. The normalized spacial score (nSPS) is 35.5. The average molecular weight is 333 g/mol. The first-order valence-corrected chi connectivity index (χ1v) is 8.86. The van der Waals surface area contributed by atoms with Crippen LogP contribution in [0.4, 0.5) is 0 Å². The highest BCUT2D eigenvalue weighted by atomic mass is 16.7. The van der Waals surface area contributed by atoms with Crippen molar-refractivity contribution in [1.82, 2.24) is 5.06 Å². The predicted octanol–water partition coefficient (Wildman–Crippen LogP) is 4.03. The molecule has 4 nitrogen and oxygen atoms in total. The van der Waals surface area contributed by atoms with Gasteiger partial charge in [0.15, 0.2) is 0 Å². The molecule has 0 amide bonds. The topological polar surface area (TPSA) is 30.9 Å². The van der Waals surface area contributed by atoms with Crippen LogP contribution in [0.2, 0.25) is 0 Å². The Hall–Kier alpha value is -1.26. The summed E-state index contributed by atoms with van der Waals surface area (Å²) in [4.78, 5) is 6.17. The molecule has 1 saturated carbocycles. The van der Waals surface area contributed by atoms with E-state index in [1.165, 1.54) is 5.56 Å². The van der Waals surface area contributed by atoms with E-state index in [2.05, 4.69) is 51.9 Å². The van der Waals surface area contributed by atoms with E-state index in [-0.39, 0.29) is 11.0 Å². The molecule has 134 valence electrons. The molecule has 1 aliphatic heterocycles. The smallest absolute Gasteiger partial charge is 0.122 e. The highest BCUT2D eigenvalue weighted by Crippen LogP contribution is 2.53. The molecule has 0 aromatic heterocycles. The van der Waals surface area contributed by atoms with Crippen molar-refractivity contribution in [2.75, 3.05) is 21.3 Å². The van der Waals surface area contributed by atoms with Crippen LogP contribution in [0, 0.1) is 11.8 Å². The van der Waals surface area contributed by atoms with Crippen molar-refractivity contribution in [1.29, 1.82) is 0 Å². The number of hydrogen-bond donors (Lipinski definition) is 0. The van der Waals surface area contributed by atoms with E-state index in [4.69, 9.17) is 14.3 Å². The molecular formula is C20H31NO3. The Balaban J connectivity index is 1.99. The number of methoxy groups -OCH3 is 2. The minimum atomic E-state index is -0.127. The molecule has 4 unspecified atom stereocenters. The van der Waals surface area contributed by atoms with Gasteiger partial charge in [-0.1, -0.05) is 13.8 Å². The number of hydrogen-bond acceptors (Lipinski definition) is 4. The van der Waals surface area contributed by atoms with Crippen LogP contribution in [0.3, 0.4) is 0 Å². The summed E-state index contributed by atoms with van der Waals surface area (Å²) in [6.45, 7) is 9.17. The van der Waals surface area contributed by atoms with Crippen molar-refractivity contribution in [2.45, 2.75) is 57.6 Å². The molecule has 1 heterocycles. The summed E-state index contributed by atoms with van der Waals surface area (Å²) in [5, 5.41) is 2.10. The monoisotopic (exact) mass is 333 g/mol. The Morgan fingerprint density at radius 3 is 2.17 bits per heavy atom. The summed E-state index contributed by atoms with van der Waals surface area (Å²) in [6, 6.07) is 6.77. The van der Waals surface area contributed by atoms with Crippen LogP contribution in [0.1, 0.15) is 46.1 Å². The zero-order valence-electron chi connectivity index (χ0n) is 16.1. The number of fused-ring (bicyclic) bond motifs is 1. The highest BCUT2D eigenvalue weighted by molar-refractivity contribution is 5.42. The first-order valence-electron chi connectivity index (χ1n) is 8.86. The molecule has 0 N–H and O–H groups in total. The maximum atomic E-state index is 6.17. The molecule has 1 aromatic carbocycles. The summed E-state index contributed by atoms with van der Waals surface area (Å²) in [5.41, 5.74) is 1.27. The first kappa shape index (κ1) is 17.6. The van der Waals surface area contributed by atoms with Crippen molar-refractivity contribution >= 4 is 0 Å². The lowest BCUT2D eigenvalue weighted by Crippen LogP contribution is -2.48. The SMILES string of the molecule is COc1cc(OC)cc(C2(C)CC(C)C3C(C2)C(C)(C)ON3C)c1. The van der Waals surface area contributed by atoms with Gasteiger partial charge >= 0.3 is 0 Å². The molecule has 24 heavy (non-hydrogen) atoms. The van der Waals surface area contributed by atoms with Crippen LogP contribution >= 0.6 is 0 Å². The third-order valence-corrected chi connectivity index (χ3v) is 6.18. The van der Waals surface area contributed by atoms with E-state index >= 15 is 0 Å². The van der Waals surface area contributed by atoms with Crippen LogP contribution in [0.5, 0.6) is 11.5 Å². The van der Waals surface area contributed by atoms with Crippen molar-refractivity contribution in [2.24, 2.45) is 11.8 Å². The van der Waals surface area contributed by atoms with Crippen molar-refractivity contribution in [3.63, 3.8) is 0 Å². The van der Waals surface area contributed by atoms with Gasteiger partial charge in [0.2, 0.25) is 0 Å². The van der Waals surface area contributed by atoms with E-state index < -0.39 is 0 Å². The average Bonchev–Trinajstić information content (AvgIpc) is 2.75. The van der Waals surface area contributed by atoms with Gasteiger partial charge in [0.05, 0.1) is 19.8 Å². The van der Waals surface area contributed by atoms with Gasteiger partial charge in [-0.2, -0.15) is 5.06 Å². The molecular weight excluding hydrogens is 302 g/mol. The van der Waals surface area contributed by atoms with Crippen molar-refractivity contribution < 1.29 is 14.3 Å². The molecule has 4 atom stereocenters. The standard InChI is InChI=1S/C20H31NO3/c1-13-11-20(4,12-17-18(13)21(5)24-19(17,2)3)14-8-15(22-6)10-16(9-14)23-7/h8-10,13,17-18H,11-12H2,1-7H3. The van der Waals surface area contributed by atoms with Crippen LogP contribution in [-0.2, 0) is 10.3 Å². The lowest BCUT2D eigenvalue weighted by Gasteiger charge is -2.46. The molecule has 0 radical (unpaired) electrons. The Bertz CT molecular complexity index is 593. The van der Waals surface area contributed by atoms with Gasteiger partial charge in [-0.15, -0.1) is 0 Å². The molecule has 2 fully saturated rings. The first-order chi connectivity index (χ1) is 11.2. The quantitative estimate of drug-likeness (QED) is 0.835. The van der Waals surface area contributed by atoms with E-state index in [0.717, 1.165) is 24.3 Å². The second kappa shape index (κ2) is 5.92. The number of hydroxylamine groups is 2. The van der Waals surface area contributed by atoms with E-state index in [0.29, 0.717) is 17.9 Å². The fourth-order valence-corrected chi connectivity index (χ4v) is 5.08. The lowest BCUT2D eigenvalue weighted by molar-refractivity contribution is -0.182. The van der Waals surface area contributed by atoms with Gasteiger partial charge in [0.1, 0.15) is 11.5 Å². The minimum Gasteiger partial charge on any atom is -0.497 e. The molecule has 0 bridgehead atoms. The summed E-state index contributed by atoms with van der Waals surface area (Å²) >= 11 is 0. The molecule has 2 aliphatic rings. The van der Waals surface area contributed by atoms with E-state index in [1.807, 2.05) is 6.07 Å². The van der Waals surface area contributed by atoms with Crippen LogP contribution in [0.15, 0.2) is 18.2 Å². The highest BCUT2D eigenvalue weighted by Gasteiger charge is 2.55. The zero-order valence-corrected chi connectivity index (χ0v) is 16.1. The Kier molecular flexibility index (Phi) is 4.33. The van der Waals surface area contributed by atoms with Gasteiger partial charge in [0.25, 0.3) is 0 Å². The molecule has 4 heteroatoms. The number of rotatable bonds is 3. The Labute approximate surface area is 146 Å². The van der Waals surface area contributed by atoms with Gasteiger partial charge in [-0.05, 0) is 55.7 Å². The minimum absolute atomic E-state index is 0.0915. The molecule has 3 rings (SSSR count). The van der Waals surface area contributed by atoms with Crippen molar-refractivity contribution in [3.8, 4) is 11.5 Å². The van der Waals surface area contributed by atoms with Gasteiger partial charge in [-0.25, -0.2) is 0 Å². The van der Waals surface area contributed by atoms with Gasteiger partial charge < -0.3 is 9.47 Å². The number of nitrogens with zero attached hydrogens (tertiary/aromatic N) is 1. The predicted molar refractivity (Wildman–Crippen MR) is 95.5 cm³/mol. The van der Waals surface area contributed by atoms with Gasteiger partial charge in [0, 0.05) is 25.1 Å². The van der Waals surface area contributed by atoms with Crippen LogP contribution in [-0.4, -0.2) is 38.0 Å². The fraction of sp³-hybridized carbons (Fsp3) is 0.700. The largest absolute Gasteiger partial charge is 0.497 e. The summed E-state index contributed by atoms with van der Waals surface area (Å²) in [6.07, 6.45) is 2.24. The third kappa shape index (κ3) is 2.80.